The molecule has 2 aromatic carbocycles. The number of hydrogen-bond donors (Lipinski definition) is 1. The quantitative estimate of drug-likeness (QED) is 0.616. The molecule has 0 radical (unpaired) electrons. The number of esters is 1. The van der Waals surface area contributed by atoms with Crippen LogP contribution in [0.2, 0.25) is 5.02 Å². The van der Waals surface area contributed by atoms with Crippen LogP contribution < -0.4 is 10.2 Å². The molecule has 9 heteroatoms. The second kappa shape index (κ2) is 7.38. The van der Waals surface area contributed by atoms with Gasteiger partial charge in [-0.3, -0.25) is 9.59 Å². The van der Waals surface area contributed by atoms with Crippen molar-refractivity contribution in [2.24, 2.45) is 0 Å². The molecule has 0 aromatic heterocycles. The fourth-order valence-corrected chi connectivity index (χ4v) is 2.89. The number of methoxy groups -OCH3 is 1. The van der Waals surface area contributed by atoms with Crippen LogP contribution >= 0.6 is 23.2 Å². The van der Waals surface area contributed by atoms with Gasteiger partial charge in [-0.05, 0) is 30.3 Å². The first-order chi connectivity index (χ1) is 12.8. The van der Waals surface area contributed by atoms with E-state index in [4.69, 9.17) is 23.2 Å². The molecule has 0 fully saturated rings. The Kier molecular flexibility index (Phi) is 5.16. The third-order valence-electron chi connectivity index (χ3n) is 3.77. The molecule has 3 rings (SSSR count). The summed E-state index contributed by atoms with van der Waals surface area (Å²) in [6, 6.07) is 9.64. The lowest BCUT2D eigenvalue weighted by Gasteiger charge is -2.17. The SMILES string of the molecule is COC(=O)c1ccccc1N1C(=O)C(Cl)=C(Nc2ccc(F)c(Cl)c2)C1=O. The van der Waals surface area contributed by atoms with Gasteiger partial charge in [0.25, 0.3) is 11.8 Å². The number of amides is 2. The molecule has 1 aliphatic rings. The highest BCUT2D eigenvalue weighted by Crippen LogP contribution is 2.33. The van der Waals surface area contributed by atoms with Crippen molar-refractivity contribution < 1.29 is 23.5 Å². The Labute approximate surface area is 163 Å². The third-order valence-corrected chi connectivity index (χ3v) is 4.41. The number of rotatable bonds is 4. The van der Waals surface area contributed by atoms with Crippen LogP contribution in [0.25, 0.3) is 0 Å². The lowest BCUT2D eigenvalue weighted by atomic mass is 10.1. The van der Waals surface area contributed by atoms with Crippen LogP contribution in [0.5, 0.6) is 0 Å². The van der Waals surface area contributed by atoms with Gasteiger partial charge >= 0.3 is 5.97 Å². The zero-order chi connectivity index (χ0) is 19.7. The molecule has 1 heterocycles. The summed E-state index contributed by atoms with van der Waals surface area (Å²) < 4.78 is 18.0. The van der Waals surface area contributed by atoms with Crippen molar-refractivity contribution in [3.05, 3.63) is 69.6 Å². The van der Waals surface area contributed by atoms with Crippen molar-refractivity contribution in [1.29, 1.82) is 0 Å². The Hall–Kier alpha value is -2.90. The van der Waals surface area contributed by atoms with Crippen LogP contribution in [-0.2, 0) is 14.3 Å². The summed E-state index contributed by atoms with van der Waals surface area (Å²) in [6.45, 7) is 0. The summed E-state index contributed by atoms with van der Waals surface area (Å²) in [7, 11) is 1.18. The monoisotopic (exact) mass is 408 g/mol. The van der Waals surface area contributed by atoms with Gasteiger partial charge < -0.3 is 10.1 Å². The summed E-state index contributed by atoms with van der Waals surface area (Å²) in [5, 5.41) is 2.13. The summed E-state index contributed by atoms with van der Waals surface area (Å²) in [5.41, 5.74) is 0.103. The van der Waals surface area contributed by atoms with Gasteiger partial charge in [0.2, 0.25) is 0 Å². The number of nitrogens with one attached hydrogen (secondary N) is 1. The highest BCUT2D eigenvalue weighted by molar-refractivity contribution is 6.53. The predicted octanol–water partition coefficient (Wildman–Crippen LogP) is 3.70. The van der Waals surface area contributed by atoms with Crippen LogP contribution in [0.3, 0.4) is 0 Å². The Balaban J connectivity index is 1.97. The molecule has 2 aromatic rings. The molecular weight excluding hydrogens is 398 g/mol. The Bertz CT molecular complexity index is 1010. The molecule has 27 heavy (non-hydrogen) atoms. The van der Waals surface area contributed by atoms with E-state index >= 15 is 0 Å². The molecule has 0 unspecified atom stereocenters. The van der Waals surface area contributed by atoms with Crippen molar-refractivity contribution >= 4 is 52.4 Å². The molecule has 1 aliphatic heterocycles. The van der Waals surface area contributed by atoms with Crippen LogP contribution in [0.4, 0.5) is 15.8 Å². The zero-order valence-corrected chi connectivity index (χ0v) is 15.3. The first kappa shape index (κ1) is 18.9. The molecule has 6 nitrogen and oxygen atoms in total. The van der Waals surface area contributed by atoms with E-state index in [-0.39, 0.29) is 32.7 Å². The highest BCUT2D eigenvalue weighted by atomic mass is 35.5. The average Bonchev–Trinajstić information content (AvgIpc) is 2.87. The second-order valence-corrected chi connectivity index (χ2v) is 6.18. The lowest BCUT2D eigenvalue weighted by molar-refractivity contribution is -0.120. The maximum atomic E-state index is 13.3. The predicted molar refractivity (Wildman–Crippen MR) is 98.2 cm³/mol. The molecule has 1 N–H and O–H groups in total. The van der Waals surface area contributed by atoms with Gasteiger partial charge in [0.15, 0.2) is 0 Å². The number of imide groups is 1. The van der Waals surface area contributed by atoms with Crippen LogP contribution in [0, 0.1) is 5.82 Å². The van der Waals surface area contributed by atoms with Crippen LogP contribution in [0.15, 0.2) is 53.2 Å². The molecule has 0 aliphatic carbocycles. The summed E-state index contributed by atoms with van der Waals surface area (Å²) in [5.74, 6) is -2.94. The maximum absolute atomic E-state index is 13.3. The first-order valence-corrected chi connectivity index (χ1v) is 8.28. The number of anilines is 2. The molecule has 0 atom stereocenters. The second-order valence-electron chi connectivity index (χ2n) is 5.40. The number of hydrogen-bond acceptors (Lipinski definition) is 5. The molecular formula is C18H11Cl2FN2O4. The maximum Gasteiger partial charge on any atom is 0.339 e. The molecule has 0 saturated carbocycles. The molecule has 2 amide bonds. The minimum atomic E-state index is -0.811. The molecule has 0 bridgehead atoms. The number of carbonyl (C=O) groups excluding carboxylic acids is 3. The van der Waals surface area contributed by atoms with E-state index in [2.05, 4.69) is 10.1 Å². The Morgan fingerprint density at radius 3 is 2.48 bits per heavy atom. The van der Waals surface area contributed by atoms with Crippen molar-refractivity contribution in [3.63, 3.8) is 0 Å². The van der Waals surface area contributed by atoms with E-state index in [1.165, 1.54) is 31.4 Å². The van der Waals surface area contributed by atoms with Gasteiger partial charge in [0, 0.05) is 5.69 Å². The van der Waals surface area contributed by atoms with E-state index in [1.807, 2.05) is 0 Å². The highest BCUT2D eigenvalue weighted by Gasteiger charge is 2.40. The average molecular weight is 409 g/mol. The number of para-hydroxylation sites is 1. The van der Waals surface area contributed by atoms with Gasteiger partial charge in [0.1, 0.15) is 16.5 Å². The van der Waals surface area contributed by atoms with Gasteiger partial charge in [0.05, 0.1) is 23.4 Å². The fraction of sp³-hybridized carbons (Fsp3) is 0.0556. The fourth-order valence-electron chi connectivity index (χ4n) is 2.50. The smallest absolute Gasteiger partial charge is 0.339 e. The summed E-state index contributed by atoms with van der Waals surface area (Å²) >= 11 is 11.8. The van der Waals surface area contributed by atoms with Crippen molar-refractivity contribution in [2.75, 3.05) is 17.3 Å². The van der Waals surface area contributed by atoms with Crippen LogP contribution in [0.1, 0.15) is 10.4 Å². The van der Waals surface area contributed by atoms with Crippen molar-refractivity contribution in [3.8, 4) is 0 Å². The van der Waals surface area contributed by atoms with Crippen molar-refractivity contribution in [2.45, 2.75) is 0 Å². The minimum Gasteiger partial charge on any atom is -0.465 e. The van der Waals surface area contributed by atoms with E-state index in [9.17, 15) is 18.8 Å². The number of nitrogens with zero attached hydrogens (tertiary/aromatic N) is 1. The molecule has 0 spiro atoms. The summed E-state index contributed by atoms with van der Waals surface area (Å²) in [4.78, 5) is 38.0. The zero-order valence-electron chi connectivity index (χ0n) is 13.8. The number of carbonyl (C=O) groups is 3. The number of ether oxygens (including phenoxy) is 1. The summed E-state index contributed by atoms with van der Waals surface area (Å²) in [6.07, 6.45) is 0. The Morgan fingerprint density at radius 1 is 1.11 bits per heavy atom. The van der Waals surface area contributed by atoms with E-state index < -0.39 is 23.6 Å². The van der Waals surface area contributed by atoms with E-state index in [0.717, 1.165) is 11.0 Å². The first-order valence-electron chi connectivity index (χ1n) is 7.53. The van der Waals surface area contributed by atoms with Gasteiger partial charge in [-0.1, -0.05) is 35.3 Å². The number of benzene rings is 2. The molecule has 0 saturated heterocycles. The largest absolute Gasteiger partial charge is 0.465 e. The Morgan fingerprint density at radius 2 is 1.81 bits per heavy atom. The lowest BCUT2D eigenvalue weighted by Crippen LogP contribution is -2.33. The van der Waals surface area contributed by atoms with Crippen LogP contribution in [-0.4, -0.2) is 24.9 Å². The van der Waals surface area contributed by atoms with E-state index in [1.54, 1.807) is 12.1 Å². The normalized spacial score (nSPS) is 14.0. The molecule has 138 valence electrons. The van der Waals surface area contributed by atoms with Crippen molar-refractivity contribution in [1.82, 2.24) is 0 Å². The standard InChI is InChI=1S/C18H11Cl2FN2O4/c1-27-18(26)10-4-2-3-5-13(10)23-16(24)14(20)15(17(23)25)22-9-6-7-12(21)11(19)8-9/h2-8,22H,1H3. The van der Waals surface area contributed by atoms with Gasteiger partial charge in [-0.25, -0.2) is 14.1 Å². The number of halogens is 3. The third kappa shape index (κ3) is 3.39. The topological polar surface area (TPSA) is 75.7 Å². The van der Waals surface area contributed by atoms with E-state index in [0.29, 0.717) is 0 Å². The van der Waals surface area contributed by atoms with Gasteiger partial charge in [-0.15, -0.1) is 0 Å². The van der Waals surface area contributed by atoms with Gasteiger partial charge in [-0.2, -0.15) is 0 Å². The minimum absolute atomic E-state index is 0.0252.